The molecule has 2 N–H and O–H groups in total. The van der Waals surface area contributed by atoms with Crippen LogP contribution in [-0.2, 0) is 6.42 Å². The minimum Gasteiger partial charge on any atom is -0.396 e. The molecular formula is C14H14FN. The standard InChI is InChI=1S/C14H14FN/c1-10-5-7-11(8-6-10)9-12-3-2-4-13(15)14(12)16/h2-8H,9,16H2,1H3. The summed E-state index contributed by atoms with van der Waals surface area (Å²) >= 11 is 0. The second kappa shape index (κ2) is 4.35. The molecule has 82 valence electrons. The topological polar surface area (TPSA) is 26.0 Å². The van der Waals surface area contributed by atoms with Gasteiger partial charge in [0.25, 0.3) is 0 Å². The van der Waals surface area contributed by atoms with Crippen molar-refractivity contribution in [1.29, 1.82) is 0 Å². The Labute approximate surface area is 94.7 Å². The number of benzene rings is 2. The molecule has 2 aromatic carbocycles. The Morgan fingerprint density at radius 3 is 2.44 bits per heavy atom. The van der Waals surface area contributed by atoms with Gasteiger partial charge >= 0.3 is 0 Å². The first-order valence-corrected chi connectivity index (χ1v) is 5.25. The molecule has 2 rings (SSSR count). The van der Waals surface area contributed by atoms with Crippen LogP contribution in [0.3, 0.4) is 0 Å². The fourth-order valence-corrected chi connectivity index (χ4v) is 1.66. The summed E-state index contributed by atoms with van der Waals surface area (Å²) in [4.78, 5) is 0. The van der Waals surface area contributed by atoms with E-state index in [4.69, 9.17) is 5.73 Å². The smallest absolute Gasteiger partial charge is 0.146 e. The Kier molecular flexibility index (Phi) is 2.91. The monoisotopic (exact) mass is 215 g/mol. The van der Waals surface area contributed by atoms with Crippen LogP contribution in [0.25, 0.3) is 0 Å². The lowest BCUT2D eigenvalue weighted by molar-refractivity contribution is 0.631. The molecule has 0 atom stereocenters. The van der Waals surface area contributed by atoms with Crippen LogP contribution in [0.5, 0.6) is 0 Å². The summed E-state index contributed by atoms with van der Waals surface area (Å²) in [6.45, 7) is 2.04. The minimum atomic E-state index is -0.343. The molecule has 2 aromatic rings. The first-order valence-electron chi connectivity index (χ1n) is 5.25. The summed E-state index contributed by atoms with van der Waals surface area (Å²) in [5, 5.41) is 0. The zero-order valence-electron chi connectivity index (χ0n) is 9.20. The number of para-hydroxylation sites is 1. The molecule has 0 aliphatic heterocycles. The SMILES string of the molecule is Cc1ccc(Cc2cccc(F)c2N)cc1. The van der Waals surface area contributed by atoms with E-state index < -0.39 is 0 Å². The van der Waals surface area contributed by atoms with Gasteiger partial charge < -0.3 is 5.73 Å². The number of aryl methyl sites for hydroxylation is 1. The van der Waals surface area contributed by atoms with Gasteiger partial charge in [-0.25, -0.2) is 4.39 Å². The summed E-state index contributed by atoms with van der Waals surface area (Å²) in [5.41, 5.74) is 9.14. The number of rotatable bonds is 2. The van der Waals surface area contributed by atoms with Crippen molar-refractivity contribution in [1.82, 2.24) is 0 Å². The lowest BCUT2D eigenvalue weighted by atomic mass is 10.0. The summed E-state index contributed by atoms with van der Waals surface area (Å²) in [5.74, 6) is -0.343. The quantitative estimate of drug-likeness (QED) is 0.764. The van der Waals surface area contributed by atoms with E-state index in [9.17, 15) is 4.39 Å². The van der Waals surface area contributed by atoms with Gasteiger partial charge in [-0.1, -0.05) is 42.0 Å². The third-order valence-electron chi connectivity index (χ3n) is 2.66. The van der Waals surface area contributed by atoms with Crippen LogP contribution in [0.1, 0.15) is 16.7 Å². The van der Waals surface area contributed by atoms with E-state index in [0.717, 1.165) is 11.1 Å². The van der Waals surface area contributed by atoms with Gasteiger partial charge in [0.05, 0.1) is 5.69 Å². The van der Waals surface area contributed by atoms with Gasteiger partial charge in [0.15, 0.2) is 0 Å². The van der Waals surface area contributed by atoms with E-state index in [1.165, 1.54) is 11.6 Å². The maximum atomic E-state index is 13.2. The van der Waals surface area contributed by atoms with Crippen LogP contribution in [0, 0.1) is 12.7 Å². The third-order valence-corrected chi connectivity index (χ3v) is 2.66. The predicted octanol–water partition coefficient (Wildman–Crippen LogP) is 3.31. The highest BCUT2D eigenvalue weighted by Gasteiger charge is 2.04. The predicted molar refractivity (Wildman–Crippen MR) is 64.8 cm³/mol. The first kappa shape index (κ1) is 10.7. The van der Waals surface area contributed by atoms with E-state index >= 15 is 0 Å². The fraction of sp³-hybridized carbons (Fsp3) is 0.143. The molecule has 0 aromatic heterocycles. The Hall–Kier alpha value is -1.83. The first-order chi connectivity index (χ1) is 7.66. The average molecular weight is 215 g/mol. The summed E-state index contributed by atoms with van der Waals surface area (Å²) in [6, 6.07) is 13.1. The molecule has 0 aliphatic rings. The maximum Gasteiger partial charge on any atom is 0.146 e. The van der Waals surface area contributed by atoms with Crippen molar-refractivity contribution < 1.29 is 4.39 Å². The van der Waals surface area contributed by atoms with Crippen LogP contribution in [-0.4, -0.2) is 0 Å². The van der Waals surface area contributed by atoms with Gasteiger partial charge in [-0.05, 0) is 30.5 Å². The van der Waals surface area contributed by atoms with Gasteiger partial charge in [-0.15, -0.1) is 0 Å². The molecule has 2 heteroatoms. The number of nitrogen functional groups attached to an aromatic ring is 1. The molecule has 0 fully saturated rings. The Morgan fingerprint density at radius 1 is 1.06 bits per heavy atom. The molecule has 0 unspecified atom stereocenters. The number of hydrogen-bond donors (Lipinski definition) is 1. The lowest BCUT2D eigenvalue weighted by Crippen LogP contribution is -1.98. The van der Waals surface area contributed by atoms with Crippen molar-refractivity contribution in [2.75, 3.05) is 5.73 Å². The van der Waals surface area contributed by atoms with Crippen LogP contribution < -0.4 is 5.73 Å². The van der Waals surface area contributed by atoms with Crippen LogP contribution in [0.2, 0.25) is 0 Å². The summed E-state index contributed by atoms with van der Waals surface area (Å²) in [6.07, 6.45) is 0.671. The van der Waals surface area contributed by atoms with Crippen LogP contribution >= 0.6 is 0 Å². The van der Waals surface area contributed by atoms with E-state index in [0.29, 0.717) is 6.42 Å². The van der Waals surface area contributed by atoms with Gasteiger partial charge in [0.1, 0.15) is 5.82 Å². The molecule has 0 bridgehead atoms. The van der Waals surface area contributed by atoms with Crippen molar-refractivity contribution in [2.24, 2.45) is 0 Å². The number of halogens is 1. The van der Waals surface area contributed by atoms with Crippen molar-refractivity contribution in [3.05, 3.63) is 65.0 Å². The highest BCUT2D eigenvalue weighted by atomic mass is 19.1. The molecule has 0 aliphatic carbocycles. The Morgan fingerprint density at radius 2 is 1.75 bits per heavy atom. The van der Waals surface area contributed by atoms with Gasteiger partial charge in [0, 0.05) is 0 Å². The third kappa shape index (κ3) is 2.22. The van der Waals surface area contributed by atoms with Crippen molar-refractivity contribution in [3.8, 4) is 0 Å². The number of anilines is 1. The van der Waals surface area contributed by atoms with Gasteiger partial charge in [0.2, 0.25) is 0 Å². The van der Waals surface area contributed by atoms with Crippen molar-refractivity contribution >= 4 is 5.69 Å². The molecule has 0 saturated heterocycles. The molecule has 1 nitrogen and oxygen atoms in total. The zero-order valence-corrected chi connectivity index (χ0v) is 9.20. The zero-order chi connectivity index (χ0) is 11.5. The minimum absolute atomic E-state index is 0.253. The second-order valence-corrected chi connectivity index (χ2v) is 3.98. The second-order valence-electron chi connectivity index (χ2n) is 3.98. The molecule has 0 radical (unpaired) electrons. The fourth-order valence-electron chi connectivity index (χ4n) is 1.66. The number of nitrogens with two attached hydrogens (primary N) is 1. The van der Waals surface area contributed by atoms with E-state index in [-0.39, 0.29) is 11.5 Å². The Bertz CT molecular complexity index is 489. The van der Waals surface area contributed by atoms with Crippen LogP contribution in [0.15, 0.2) is 42.5 Å². The highest BCUT2D eigenvalue weighted by Crippen LogP contribution is 2.19. The molecule has 0 spiro atoms. The Balaban J connectivity index is 2.27. The molecular weight excluding hydrogens is 201 g/mol. The number of hydrogen-bond acceptors (Lipinski definition) is 1. The van der Waals surface area contributed by atoms with E-state index in [1.54, 1.807) is 6.07 Å². The largest absolute Gasteiger partial charge is 0.396 e. The average Bonchev–Trinajstić information content (AvgIpc) is 2.28. The molecule has 0 amide bonds. The maximum absolute atomic E-state index is 13.2. The molecule has 0 saturated carbocycles. The highest BCUT2D eigenvalue weighted by molar-refractivity contribution is 5.49. The van der Waals surface area contributed by atoms with Crippen molar-refractivity contribution in [2.45, 2.75) is 13.3 Å². The molecule has 0 heterocycles. The molecule has 16 heavy (non-hydrogen) atoms. The summed E-state index contributed by atoms with van der Waals surface area (Å²) in [7, 11) is 0. The normalized spacial score (nSPS) is 10.4. The van der Waals surface area contributed by atoms with E-state index in [2.05, 4.69) is 0 Å². The van der Waals surface area contributed by atoms with E-state index in [1.807, 2.05) is 37.3 Å². The van der Waals surface area contributed by atoms with Gasteiger partial charge in [-0.2, -0.15) is 0 Å². The van der Waals surface area contributed by atoms with Crippen LogP contribution in [0.4, 0.5) is 10.1 Å². The van der Waals surface area contributed by atoms with Gasteiger partial charge in [-0.3, -0.25) is 0 Å². The summed E-state index contributed by atoms with van der Waals surface area (Å²) < 4.78 is 13.2. The van der Waals surface area contributed by atoms with Crippen molar-refractivity contribution in [3.63, 3.8) is 0 Å². The lowest BCUT2D eigenvalue weighted by Gasteiger charge is -2.06.